The maximum absolute atomic E-state index is 13.2. The van der Waals surface area contributed by atoms with E-state index in [1.54, 1.807) is 0 Å². The van der Waals surface area contributed by atoms with E-state index >= 15 is 0 Å². The minimum absolute atomic E-state index is 0.0527. The van der Waals surface area contributed by atoms with Gasteiger partial charge in [-0.1, -0.05) is 48.5 Å². The van der Waals surface area contributed by atoms with E-state index < -0.39 is 0 Å². The van der Waals surface area contributed by atoms with Crippen LogP contribution in [0.2, 0.25) is 0 Å². The number of amides is 2. The molecule has 6 rings (SSSR count). The van der Waals surface area contributed by atoms with Crippen molar-refractivity contribution in [2.75, 3.05) is 39.3 Å². The maximum atomic E-state index is 13.2. The second-order valence-corrected chi connectivity index (χ2v) is 9.24. The molecule has 0 radical (unpaired) electrons. The zero-order valence-corrected chi connectivity index (χ0v) is 19.4. The van der Waals surface area contributed by atoms with E-state index in [-0.39, 0.29) is 11.8 Å². The standard InChI is InChI=1S/C28H27N5O2/c34-27(21-9-5-2-6-10-21)33-18-23(19-33)31-13-15-32(16-14-31)28(35)22-11-12-24-25(17-22)30-26(29-24)20-7-3-1-4-8-20/h1-12,17,23H,13-16,18-19H2,(H,29,30). The molecule has 0 saturated carbocycles. The van der Waals surface area contributed by atoms with Gasteiger partial charge < -0.3 is 14.8 Å². The predicted molar refractivity (Wildman–Crippen MR) is 135 cm³/mol. The smallest absolute Gasteiger partial charge is 0.254 e. The Morgan fingerprint density at radius 2 is 1.40 bits per heavy atom. The molecule has 4 aromatic rings. The molecule has 0 aliphatic carbocycles. The van der Waals surface area contributed by atoms with Crippen molar-refractivity contribution in [2.45, 2.75) is 6.04 Å². The molecule has 2 fully saturated rings. The van der Waals surface area contributed by atoms with Gasteiger partial charge in [-0.25, -0.2) is 4.98 Å². The van der Waals surface area contributed by atoms with E-state index in [0.717, 1.165) is 54.2 Å². The molecular weight excluding hydrogens is 438 g/mol. The van der Waals surface area contributed by atoms with Gasteiger partial charge in [0, 0.05) is 62.0 Å². The zero-order valence-electron chi connectivity index (χ0n) is 19.4. The summed E-state index contributed by atoms with van der Waals surface area (Å²) in [5.41, 5.74) is 4.16. The Morgan fingerprint density at radius 1 is 0.743 bits per heavy atom. The molecule has 2 amide bonds. The SMILES string of the molecule is O=C(c1ccc2nc(-c3ccccc3)[nH]c2c1)N1CCN(C2CN(C(=O)c3ccccc3)C2)CC1. The molecule has 3 heterocycles. The summed E-state index contributed by atoms with van der Waals surface area (Å²) in [4.78, 5) is 40.0. The number of imidazole rings is 1. The monoisotopic (exact) mass is 465 g/mol. The number of nitrogens with one attached hydrogen (secondary N) is 1. The van der Waals surface area contributed by atoms with Crippen LogP contribution in [0.15, 0.2) is 78.9 Å². The first-order chi connectivity index (χ1) is 17.2. The van der Waals surface area contributed by atoms with Gasteiger partial charge in [0.15, 0.2) is 0 Å². The van der Waals surface area contributed by atoms with E-state index in [4.69, 9.17) is 0 Å². The quantitative estimate of drug-likeness (QED) is 0.501. The van der Waals surface area contributed by atoms with Crippen LogP contribution >= 0.6 is 0 Å². The molecule has 3 aromatic carbocycles. The maximum Gasteiger partial charge on any atom is 0.254 e. The van der Waals surface area contributed by atoms with Crippen molar-refractivity contribution in [1.29, 1.82) is 0 Å². The van der Waals surface area contributed by atoms with Crippen molar-refractivity contribution in [3.05, 3.63) is 90.0 Å². The number of fused-ring (bicyclic) bond motifs is 1. The van der Waals surface area contributed by atoms with Gasteiger partial charge in [0.1, 0.15) is 5.82 Å². The third kappa shape index (κ3) is 4.19. The molecule has 7 heteroatoms. The van der Waals surface area contributed by atoms with Gasteiger partial charge in [-0.15, -0.1) is 0 Å². The number of carbonyl (C=O) groups excluding carboxylic acids is 2. The molecule has 0 atom stereocenters. The predicted octanol–water partition coefficient (Wildman–Crippen LogP) is 3.51. The zero-order chi connectivity index (χ0) is 23.8. The first kappa shape index (κ1) is 21.6. The Morgan fingerprint density at radius 3 is 2.11 bits per heavy atom. The summed E-state index contributed by atoms with van der Waals surface area (Å²) in [6.45, 7) is 4.54. The molecule has 35 heavy (non-hydrogen) atoms. The molecule has 0 bridgehead atoms. The molecule has 2 aliphatic rings. The summed E-state index contributed by atoms with van der Waals surface area (Å²) in [7, 11) is 0. The first-order valence-corrected chi connectivity index (χ1v) is 12.1. The minimum atomic E-state index is 0.0527. The fourth-order valence-electron chi connectivity index (χ4n) is 4.96. The summed E-state index contributed by atoms with van der Waals surface area (Å²) in [6, 6.07) is 25.5. The number of nitrogens with zero attached hydrogens (tertiary/aromatic N) is 4. The number of hydrogen-bond acceptors (Lipinski definition) is 4. The number of aromatic amines is 1. The van der Waals surface area contributed by atoms with Gasteiger partial charge >= 0.3 is 0 Å². The highest BCUT2D eigenvalue weighted by atomic mass is 16.2. The third-order valence-electron chi connectivity index (χ3n) is 7.06. The van der Waals surface area contributed by atoms with Crippen LogP contribution in [0.1, 0.15) is 20.7 Å². The Labute approximate surface area is 204 Å². The highest BCUT2D eigenvalue weighted by Gasteiger charge is 2.37. The van der Waals surface area contributed by atoms with Crippen molar-refractivity contribution in [1.82, 2.24) is 24.7 Å². The summed E-state index contributed by atoms with van der Waals surface area (Å²) in [5.74, 6) is 0.955. The van der Waals surface area contributed by atoms with Crippen LogP contribution in [-0.2, 0) is 0 Å². The summed E-state index contributed by atoms with van der Waals surface area (Å²) in [6.07, 6.45) is 0. The van der Waals surface area contributed by atoms with Gasteiger partial charge in [-0.2, -0.15) is 0 Å². The van der Waals surface area contributed by atoms with Crippen LogP contribution in [0.4, 0.5) is 0 Å². The number of benzene rings is 3. The van der Waals surface area contributed by atoms with Gasteiger partial charge in [-0.3, -0.25) is 14.5 Å². The van der Waals surface area contributed by atoms with Crippen LogP contribution < -0.4 is 0 Å². The van der Waals surface area contributed by atoms with Crippen LogP contribution in [0.5, 0.6) is 0 Å². The molecule has 7 nitrogen and oxygen atoms in total. The average molecular weight is 466 g/mol. The van der Waals surface area contributed by atoms with E-state index in [1.165, 1.54) is 0 Å². The van der Waals surface area contributed by atoms with Crippen molar-refractivity contribution in [3.8, 4) is 11.4 Å². The van der Waals surface area contributed by atoms with Crippen LogP contribution in [-0.4, -0.2) is 81.8 Å². The summed E-state index contributed by atoms with van der Waals surface area (Å²) < 4.78 is 0. The van der Waals surface area contributed by atoms with Crippen molar-refractivity contribution in [2.24, 2.45) is 0 Å². The fraction of sp³-hybridized carbons (Fsp3) is 0.250. The largest absolute Gasteiger partial charge is 0.338 e. The van der Waals surface area contributed by atoms with E-state index in [2.05, 4.69) is 14.9 Å². The number of carbonyl (C=O) groups is 2. The molecule has 2 saturated heterocycles. The number of rotatable bonds is 4. The topological polar surface area (TPSA) is 72.5 Å². The lowest BCUT2D eigenvalue weighted by atomic mass is 10.0. The Kier molecular flexibility index (Phi) is 5.54. The number of aromatic nitrogens is 2. The summed E-state index contributed by atoms with van der Waals surface area (Å²) in [5, 5.41) is 0. The molecule has 2 aliphatic heterocycles. The Bertz CT molecular complexity index is 1350. The van der Waals surface area contributed by atoms with Crippen LogP contribution in [0.3, 0.4) is 0 Å². The fourth-order valence-corrected chi connectivity index (χ4v) is 4.96. The molecule has 1 aromatic heterocycles. The van der Waals surface area contributed by atoms with Crippen LogP contribution in [0.25, 0.3) is 22.4 Å². The van der Waals surface area contributed by atoms with E-state index in [0.29, 0.717) is 24.7 Å². The number of H-pyrrole nitrogens is 1. The second kappa shape index (κ2) is 9.00. The van der Waals surface area contributed by atoms with Gasteiger partial charge in [0.05, 0.1) is 11.0 Å². The third-order valence-corrected chi connectivity index (χ3v) is 7.06. The van der Waals surface area contributed by atoms with Crippen molar-refractivity contribution < 1.29 is 9.59 Å². The second-order valence-electron chi connectivity index (χ2n) is 9.24. The lowest BCUT2D eigenvalue weighted by Gasteiger charge is -2.48. The highest BCUT2D eigenvalue weighted by molar-refractivity contribution is 5.98. The van der Waals surface area contributed by atoms with E-state index in [1.807, 2.05) is 88.7 Å². The highest BCUT2D eigenvalue weighted by Crippen LogP contribution is 2.23. The minimum Gasteiger partial charge on any atom is -0.338 e. The Balaban J connectivity index is 1.05. The molecular formula is C28H27N5O2. The molecule has 0 unspecified atom stereocenters. The average Bonchev–Trinajstić information content (AvgIpc) is 3.32. The van der Waals surface area contributed by atoms with Crippen molar-refractivity contribution in [3.63, 3.8) is 0 Å². The number of piperazine rings is 1. The van der Waals surface area contributed by atoms with Gasteiger partial charge in [-0.05, 0) is 30.3 Å². The lowest BCUT2D eigenvalue weighted by Crippen LogP contribution is -2.64. The lowest BCUT2D eigenvalue weighted by molar-refractivity contribution is 0.00854. The molecule has 0 spiro atoms. The summed E-state index contributed by atoms with van der Waals surface area (Å²) >= 11 is 0. The number of hydrogen-bond donors (Lipinski definition) is 1. The van der Waals surface area contributed by atoms with E-state index in [9.17, 15) is 9.59 Å². The Hall–Kier alpha value is -3.97. The number of likely N-dealkylation sites (tertiary alicyclic amines) is 1. The van der Waals surface area contributed by atoms with Crippen molar-refractivity contribution >= 4 is 22.8 Å². The normalized spacial score (nSPS) is 16.9. The molecule has 176 valence electrons. The van der Waals surface area contributed by atoms with Crippen LogP contribution in [0, 0.1) is 0 Å². The first-order valence-electron chi connectivity index (χ1n) is 12.1. The van der Waals surface area contributed by atoms with Gasteiger partial charge in [0.2, 0.25) is 0 Å². The molecule has 1 N–H and O–H groups in total. The van der Waals surface area contributed by atoms with Gasteiger partial charge in [0.25, 0.3) is 11.8 Å².